The number of nitrogens with one attached hydrogen (secondary N) is 1. The summed E-state index contributed by atoms with van der Waals surface area (Å²) in [6, 6.07) is 0. The molecule has 1 aromatic rings. The molecule has 0 saturated heterocycles. The van der Waals surface area contributed by atoms with E-state index in [9.17, 15) is 0 Å². The Bertz CT molecular complexity index is 404. The summed E-state index contributed by atoms with van der Waals surface area (Å²) in [5.41, 5.74) is 2.42. The number of aryl methyl sites for hydroxylation is 2. The van der Waals surface area contributed by atoms with E-state index in [-0.39, 0.29) is 5.41 Å². The van der Waals surface area contributed by atoms with Crippen molar-refractivity contribution >= 4 is 11.6 Å². The zero-order chi connectivity index (χ0) is 14.6. The lowest BCUT2D eigenvalue weighted by Gasteiger charge is -2.31. The highest BCUT2D eigenvalue weighted by molar-refractivity contribution is 6.31. The van der Waals surface area contributed by atoms with Gasteiger partial charge in [0.2, 0.25) is 0 Å². The Morgan fingerprint density at radius 1 is 1.32 bits per heavy atom. The summed E-state index contributed by atoms with van der Waals surface area (Å²) in [5, 5.41) is 8.83. The molecule has 0 radical (unpaired) electrons. The van der Waals surface area contributed by atoms with E-state index in [1.54, 1.807) is 0 Å². The fraction of sp³-hybridized carbons (Fsp3) is 0.800. The monoisotopic (exact) mass is 285 g/mol. The Morgan fingerprint density at radius 2 is 1.95 bits per heavy atom. The third kappa shape index (κ3) is 4.22. The van der Waals surface area contributed by atoms with Crippen LogP contribution in [0.2, 0.25) is 5.02 Å². The van der Waals surface area contributed by atoms with Crippen molar-refractivity contribution in [2.24, 2.45) is 18.4 Å². The molecule has 1 aromatic heterocycles. The van der Waals surface area contributed by atoms with E-state index in [1.807, 2.05) is 11.7 Å². The first kappa shape index (κ1) is 16.5. The maximum Gasteiger partial charge on any atom is 0.0849 e. The van der Waals surface area contributed by atoms with Gasteiger partial charge in [0.05, 0.1) is 16.4 Å². The predicted octanol–water partition coefficient (Wildman–Crippen LogP) is 3.45. The van der Waals surface area contributed by atoms with Crippen molar-refractivity contribution in [1.29, 1.82) is 0 Å². The normalized spacial score (nSPS) is 13.8. The molecular formula is C15H28ClN3. The van der Waals surface area contributed by atoms with Gasteiger partial charge in [-0.05, 0) is 37.3 Å². The number of hydrogen-bond donors (Lipinski definition) is 1. The zero-order valence-electron chi connectivity index (χ0n) is 13.2. The maximum atomic E-state index is 6.45. The molecule has 1 N–H and O–H groups in total. The van der Waals surface area contributed by atoms with Crippen LogP contribution in [-0.4, -0.2) is 22.9 Å². The quantitative estimate of drug-likeness (QED) is 0.868. The average Bonchev–Trinajstić information content (AvgIpc) is 2.59. The van der Waals surface area contributed by atoms with Crippen molar-refractivity contribution in [1.82, 2.24) is 15.1 Å². The van der Waals surface area contributed by atoms with Crippen molar-refractivity contribution in [3.63, 3.8) is 0 Å². The molecule has 0 aliphatic carbocycles. The second kappa shape index (κ2) is 6.76. The van der Waals surface area contributed by atoms with Crippen LogP contribution >= 0.6 is 11.6 Å². The molecule has 3 nitrogen and oxygen atoms in total. The van der Waals surface area contributed by atoms with E-state index < -0.39 is 0 Å². The lowest BCUT2D eigenvalue weighted by Crippen LogP contribution is -2.33. The molecule has 0 aliphatic rings. The Balaban J connectivity index is 2.93. The summed E-state index contributed by atoms with van der Waals surface area (Å²) in [6.07, 6.45) is 1.86. The summed E-state index contributed by atoms with van der Waals surface area (Å²) in [5.74, 6) is 0.546. The van der Waals surface area contributed by atoms with Crippen LogP contribution in [0.5, 0.6) is 0 Å². The van der Waals surface area contributed by atoms with Gasteiger partial charge in [-0.1, -0.05) is 46.2 Å². The lowest BCUT2D eigenvalue weighted by molar-refractivity contribution is 0.228. The van der Waals surface area contributed by atoms with Crippen LogP contribution in [0.4, 0.5) is 0 Å². The molecule has 0 fully saturated rings. The highest BCUT2D eigenvalue weighted by Gasteiger charge is 2.27. The van der Waals surface area contributed by atoms with Gasteiger partial charge in [-0.25, -0.2) is 0 Å². The summed E-state index contributed by atoms with van der Waals surface area (Å²) in [4.78, 5) is 0. The SMILES string of the molecule is CCNCC(Cc1c(Cl)c(CC)nn1C)C(C)(C)C. The van der Waals surface area contributed by atoms with Gasteiger partial charge in [0.15, 0.2) is 0 Å². The third-order valence-electron chi connectivity index (χ3n) is 3.81. The van der Waals surface area contributed by atoms with E-state index in [0.29, 0.717) is 5.92 Å². The molecular weight excluding hydrogens is 258 g/mol. The lowest BCUT2D eigenvalue weighted by atomic mass is 9.78. The van der Waals surface area contributed by atoms with Crippen LogP contribution in [0.25, 0.3) is 0 Å². The maximum absolute atomic E-state index is 6.45. The number of rotatable bonds is 6. The number of aromatic nitrogens is 2. The number of hydrogen-bond acceptors (Lipinski definition) is 2. The van der Waals surface area contributed by atoms with Crippen LogP contribution < -0.4 is 5.32 Å². The van der Waals surface area contributed by atoms with Gasteiger partial charge >= 0.3 is 0 Å². The second-order valence-corrected chi connectivity index (χ2v) is 6.64. The van der Waals surface area contributed by atoms with Gasteiger partial charge in [-0.3, -0.25) is 4.68 Å². The van der Waals surface area contributed by atoms with Crippen LogP contribution in [0.3, 0.4) is 0 Å². The van der Waals surface area contributed by atoms with E-state index in [4.69, 9.17) is 11.6 Å². The van der Waals surface area contributed by atoms with Gasteiger partial charge in [-0.15, -0.1) is 0 Å². The third-order valence-corrected chi connectivity index (χ3v) is 4.24. The van der Waals surface area contributed by atoms with E-state index >= 15 is 0 Å². The second-order valence-electron chi connectivity index (χ2n) is 6.26. The van der Waals surface area contributed by atoms with Crippen molar-refractivity contribution in [3.05, 3.63) is 16.4 Å². The summed E-state index contributed by atoms with van der Waals surface area (Å²) in [6.45, 7) is 13.1. The molecule has 1 rings (SSSR count). The number of nitrogens with zero attached hydrogens (tertiary/aromatic N) is 2. The van der Waals surface area contributed by atoms with Gasteiger partial charge in [-0.2, -0.15) is 5.10 Å². The molecule has 0 amide bonds. The fourth-order valence-corrected chi connectivity index (χ4v) is 2.65. The fourth-order valence-electron chi connectivity index (χ4n) is 2.28. The average molecular weight is 286 g/mol. The van der Waals surface area contributed by atoms with Gasteiger partial charge in [0.25, 0.3) is 0 Å². The molecule has 0 saturated carbocycles. The first-order valence-electron chi connectivity index (χ1n) is 7.22. The smallest absolute Gasteiger partial charge is 0.0849 e. The van der Waals surface area contributed by atoms with Crippen molar-refractivity contribution < 1.29 is 0 Å². The summed E-state index contributed by atoms with van der Waals surface area (Å²) < 4.78 is 1.95. The van der Waals surface area contributed by atoms with Crippen LogP contribution in [-0.2, 0) is 19.9 Å². The van der Waals surface area contributed by atoms with Gasteiger partial charge < -0.3 is 5.32 Å². The summed E-state index contributed by atoms with van der Waals surface area (Å²) in [7, 11) is 1.99. The number of halogens is 1. The molecule has 0 aliphatic heterocycles. The van der Waals surface area contributed by atoms with Crippen LogP contribution in [0, 0.1) is 11.3 Å². The first-order valence-corrected chi connectivity index (χ1v) is 7.59. The topological polar surface area (TPSA) is 29.9 Å². The van der Waals surface area contributed by atoms with Crippen molar-refractivity contribution in [2.45, 2.75) is 47.5 Å². The minimum atomic E-state index is 0.252. The zero-order valence-corrected chi connectivity index (χ0v) is 13.9. The first-order chi connectivity index (χ1) is 8.81. The van der Waals surface area contributed by atoms with Crippen molar-refractivity contribution in [2.75, 3.05) is 13.1 Å². The molecule has 0 bridgehead atoms. The van der Waals surface area contributed by atoms with Crippen LogP contribution in [0.15, 0.2) is 0 Å². The molecule has 1 atom stereocenters. The Labute approximate surface area is 122 Å². The van der Waals surface area contributed by atoms with E-state index in [0.717, 1.165) is 42.3 Å². The minimum absolute atomic E-state index is 0.252. The highest BCUT2D eigenvalue weighted by atomic mass is 35.5. The Morgan fingerprint density at radius 3 is 2.37 bits per heavy atom. The molecule has 0 aromatic carbocycles. The molecule has 4 heteroatoms. The Kier molecular flexibility index (Phi) is 5.87. The van der Waals surface area contributed by atoms with Gasteiger partial charge in [0, 0.05) is 7.05 Å². The van der Waals surface area contributed by atoms with Crippen molar-refractivity contribution in [3.8, 4) is 0 Å². The minimum Gasteiger partial charge on any atom is -0.317 e. The molecule has 110 valence electrons. The van der Waals surface area contributed by atoms with Crippen LogP contribution in [0.1, 0.15) is 46.0 Å². The standard InChI is InChI=1S/C15H28ClN3/c1-7-12-14(16)13(19(6)18-12)9-11(10-17-8-2)15(3,4)5/h11,17H,7-10H2,1-6H3. The van der Waals surface area contributed by atoms with Gasteiger partial charge in [0.1, 0.15) is 0 Å². The largest absolute Gasteiger partial charge is 0.317 e. The van der Waals surface area contributed by atoms with E-state index in [1.165, 1.54) is 0 Å². The van der Waals surface area contributed by atoms with E-state index in [2.05, 4.69) is 45.0 Å². The Hall–Kier alpha value is -0.540. The summed E-state index contributed by atoms with van der Waals surface area (Å²) >= 11 is 6.45. The molecule has 1 unspecified atom stereocenters. The molecule has 19 heavy (non-hydrogen) atoms. The highest BCUT2D eigenvalue weighted by Crippen LogP contribution is 2.31. The molecule has 1 heterocycles. The molecule has 0 spiro atoms. The predicted molar refractivity (Wildman–Crippen MR) is 82.8 cm³/mol.